The maximum atomic E-state index is 12.5. The van der Waals surface area contributed by atoms with E-state index < -0.39 is 32.4 Å². The number of hydrogen-bond donors (Lipinski definition) is 1. The number of aromatic amines is 1. The molecule has 5 aromatic rings. The number of ether oxygens (including phenoxy) is 4. The predicted octanol–water partition coefficient (Wildman–Crippen LogP) is 6.64. The second-order valence-corrected chi connectivity index (χ2v) is 18.2. The van der Waals surface area contributed by atoms with Crippen LogP contribution in [0.1, 0.15) is 43.7 Å². The third-order valence-corrected chi connectivity index (χ3v) is 14.0. The number of nitrogens with one attached hydrogen (secondary N) is 1. The van der Waals surface area contributed by atoms with Crippen molar-refractivity contribution < 1.29 is 23.4 Å². The Morgan fingerprint density at radius 2 is 1.44 bits per heavy atom. The maximum absolute atomic E-state index is 12.5. The second-order valence-electron chi connectivity index (χ2n) is 13.5. The van der Waals surface area contributed by atoms with E-state index in [9.17, 15) is 4.79 Å². The van der Waals surface area contributed by atoms with Gasteiger partial charge in [0, 0.05) is 6.42 Å². The van der Waals surface area contributed by atoms with E-state index in [0.29, 0.717) is 5.65 Å². The summed E-state index contributed by atoms with van der Waals surface area (Å²) in [6.07, 6.45) is 3.53. The Morgan fingerprint density at radius 3 is 2.00 bits per heavy atom. The number of H-pyrrole nitrogens is 1. The van der Waals surface area contributed by atoms with Crippen LogP contribution in [0, 0.1) is 6.42 Å². The molecule has 0 saturated carbocycles. The molecule has 0 unspecified atom stereocenters. The second kappa shape index (κ2) is 13.3. The van der Waals surface area contributed by atoms with Crippen molar-refractivity contribution in [3.8, 4) is 11.5 Å². The van der Waals surface area contributed by atoms with E-state index in [-0.39, 0.29) is 22.7 Å². The number of benzene rings is 3. The van der Waals surface area contributed by atoms with Gasteiger partial charge in [-0.2, -0.15) is 0 Å². The third kappa shape index (κ3) is 6.30. The van der Waals surface area contributed by atoms with Gasteiger partial charge in [-0.3, -0.25) is 9.36 Å². The summed E-state index contributed by atoms with van der Waals surface area (Å²) >= 11 is 0. The van der Waals surface area contributed by atoms with Gasteiger partial charge in [0.25, 0.3) is 5.56 Å². The SMILES string of the molecule is COc1ccc(C(OC[C@H]2[CH][C@@H](O[Si](C)(C)C(C)(C)C)[C@H](n3cnc4c(=O)[nH]cnc43)O2)(c2ccccc2)c2ccc(OC)cc2)cc1. The molecule has 0 spiro atoms. The molecule has 6 rings (SSSR count). The standard InChI is InChI=1S/C37H43N4O6Si/c1-36(2,3)48(6,7)47-31-21-30(46-35(31)41-24-40-32-33(41)38-23-39-34(32)42)22-45-37(25-11-9-8-10-12-25,26-13-17-28(43-4)18-14-26)27-15-19-29(44-5)20-16-27/h8-21,23-24,30-31,35H,22H2,1-7H3,(H,38,39,42)/t30-,31-,35-/m1/s1. The van der Waals surface area contributed by atoms with Crippen molar-refractivity contribution in [2.45, 2.75) is 62.9 Å². The fourth-order valence-corrected chi connectivity index (χ4v) is 7.10. The van der Waals surface area contributed by atoms with Gasteiger partial charge in [0.1, 0.15) is 17.1 Å². The molecular weight excluding hydrogens is 625 g/mol. The molecule has 0 amide bonds. The average Bonchev–Trinajstić information content (AvgIpc) is 3.69. The van der Waals surface area contributed by atoms with Gasteiger partial charge in [0.15, 0.2) is 25.7 Å². The summed E-state index contributed by atoms with van der Waals surface area (Å²) in [6, 6.07) is 26.0. The third-order valence-electron chi connectivity index (χ3n) is 9.51. The molecule has 1 radical (unpaired) electrons. The minimum absolute atomic E-state index is 0.0441. The van der Waals surface area contributed by atoms with Crippen molar-refractivity contribution >= 4 is 19.5 Å². The summed E-state index contributed by atoms with van der Waals surface area (Å²) in [7, 11) is 1.04. The van der Waals surface area contributed by atoms with Crippen molar-refractivity contribution in [1.82, 2.24) is 19.5 Å². The van der Waals surface area contributed by atoms with Crippen LogP contribution in [-0.2, 0) is 19.5 Å². The van der Waals surface area contributed by atoms with Crippen LogP contribution in [0.5, 0.6) is 11.5 Å². The summed E-state index contributed by atoms with van der Waals surface area (Å²) < 4.78 is 33.7. The smallest absolute Gasteiger partial charge is 0.278 e. The zero-order valence-electron chi connectivity index (χ0n) is 28.5. The lowest BCUT2D eigenvalue weighted by Gasteiger charge is -2.39. The van der Waals surface area contributed by atoms with Gasteiger partial charge in [-0.05, 0) is 59.1 Å². The summed E-state index contributed by atoms with van der Waals surface area (Å²) in [4.78, 5) is 23.9. The van der Waals surface area contributed by atoms with Crippen LogP contribution in [0.15, 0.2) is 96.3 Å². The topological polar surface area (TPSA) is 110 Å². The Morgan fingerprint density at radius 1 is 0.854 bits per heavy atom. The number of rotatable bonds is 11. The van der Waals surface area contributed by atoms with Crippen LogP contribution in [-0.4, -0.2) is 60.9 Å². The van der Waals surface area contributed by atoms with Crippen molar-refractivity contribution in [2.24, 2.45) is 0 Å². The fraction of sp³-hybridized carbons (Fsp3) is 0.351. The molecule has 3 heterocycles. The monoisotopic (exact) mass is 667 g/mol. The summed E-state index contributed by atoms with van der Waals surface area (Å²) in [6.45, 7) is 11.2. The Bertz CT molecular complexity index is 1840. The molecule has 0 bridgehead atoms. The van der Waals surface area contributed by atoms with E-state index in [1.54, 1.807) is 25.1 Å². The molecule has 48 heavy (non-hydrogen) atoms. The molecule has 2 aromatic heterocycles. The van der Waals surface area contributed by atoms with Crippen molar-refractivity contribution in [3.63, 3.8) is 0 Å². The number of methoxy groups -OCH3 is 2. The summed E-state index contributed by atoms with van der Waals surface area (Å²) in [5, 5.41) is -0.0441. The lowest BCUT2D eigenvalue weighted by atomic mass is 9.80. The highest BCUT2D eigenvalue weighted by molar-refractivity contribution is 6.74. The number of aromatic nitrogens is 4. The van der Waals surface area contributed by atoms with Gasteiger partial charge in [0.2, 0.25) is 0 Å². The van der Waals surface area contributed by atoms with Crippen molar-refractivity contribution in [1.29, 1.82) is 0 Å². The van der Waals surface area contributed by atoms with Gasteiger partial charge in [-0.15, -0.1) is 0 Å². The number of imidazole rings is 1. The molecule has 11 heteroatoms. The Labute approximate surface area is 282 Å². The first-order chi connectivity index (χ1) is 23.0. The first-order valence-electron chi connectivity index (χ1n) is 16.0. The molecule has 10 nitrogen and oxygen atoms in total. The Kier molecular flexibility index (Phi) is 9.32. The number of nitrogens with zero attached hydrogens (tertiary/aromatic N) is 3. The normalized spacial score (nSPS) is 18.7. The fourth-order valence-electron chi connectivity index (χ4n) is 5.87. The van der Waals surface area contributed by atoms with E-state index in [4.69, 9.17) is 23.4 Å². The van der Waals surface area contributed by atoms with Gasteiger partial charge in [0.05, 0.1) is 45.7 Å². The molecule has 0 aliphatic carbocycles. The van der Waals surface area contributed by atoms with E-state index in [2.05, 4.69) is 67.4 Å². The van der Waals surface area contributed by atoms with Gasteiger partial charge in [-0.1, -0.05) is 75.4 Å². The van der Waals surface area contributed by atoms with Gasteiger partial charge >= 0.3 is 0 Å². The summed E-state index contributed by atoms with van der Waals surface area (Å²) in [5.74, 6) is 1.49. The molecular formula is C37H43N4O6Si. The molecule has 1 aliphatic heterocycles. The first-order valence-corrected chi connectivity index (χ1v) is 18.9. The highest BCUT2D eigenvalue weighted by Gasteiger charge is 2.47. The van der Waals surface area contributed by atoms with Crippen LogP contribution in [0.2, 0.25) is 18.1 Å². The molecule has 1 aliphatic rings. The lowest BCUT2D eigenvalue weighted by molar-refractivity contribution is -0.0820. The van der Waals surface area contributed by atoms with Crippen LogP contribution in [0.25, 0.3) is 11.2 Å². The van der Waals surface area contributed by atoms with E-state index >= 15 is 0 Å². The van der Waals surface area contributed by atoms with E-state index in [0.717, 1.165) is 28.2 Å². The Balaban J connectivity index is 1.40. The number of hydrogen-bond acceptors (Lipinski definition) is 8. The van der Waals surface area contributed by atoms with Gasteiger partial charge < -0.3 is 28.4 Å². The lowest BCUT2D eigenvalue weighted by Crippen LogP contribution is -2.45. The van der Waals surface area contributed by atoms with Crippen LogP contribution < -0.4 is 15.0 Å². The highest BCUT2D eigenvalue weighted by atomic mass is 28.4. The van der Waals surface area contributed by atoms with Crippen molar-refractivity contribution in [3.05, 3.63) is 125 Å². The average molecular weight is 668 g/mol. The zero-order chi connectivity index (χ0) is 34.1. The van der Waals surface area contributed by atoms with Crippen LogP contribution in [0.3, 0.4) is 0 Å². The predicted molar refractivity (Wildman–Crippen MR) is 187 cm³/mol. The Hall–Kier alpha value is -4.29. The quantitative estimate of drug-likeness (QED) is 0.123. The zero-order valence-corrected chi connectivity index (χ0v) is 29.5. The number of fused-ring (bicyclic) bond motifs is 1. The van der Waals surface area contributed by atoms with Crippen molar-refractivity contribution in [2.75, 3.05) is 20.8 Å². The maximum Gasteiger partial charge on any atom is 0.278 e. The minimum Gasteiger partial charge on any atom is -0.497 e. The van der Waals surface area contributed by atoms with Crippen LogP contribution in [0.4, 0.5) is 0 Å². The first kappa shape index (κ1) is 33.6. The van der Waals surface area contributed by atoms with Crippen LogP contribution >= 0.6 is 0 Å². The van der Waals surface area contributed by atoms with E-state index in [1.165, 1.54) is 6.33 Å². The molecule has 1 N–H and O–H groups in total. The van der Waals surface area contributed by atoms with Gasteiger partial charge in [-0.25, -0.2) is 9.97 Å². The van der Waals surface area contributed by atoms with E-state index in [1.807, 2.05) is 66.7 Å². The molecule has 3 aromatic carbocycles. The molecule has 251 valence electrons. The highest BCUT2D eigenvalue weighted by Crippen LogP contribution is 2.45. The molecule has 1 fully saturated rings. The molecule has 1 saturated heterocycles. The largest absolute Gasteiger partial charge is 0.497 e. The summed E-state index contributed by atoms with van der Waals surface area (Å²) in [5.41, 5.74) is 2.15. The minimum atomic E-state index is -2.27. The molecule has 3 atom stereocenters.